The van der Waals surface area contributed by atoms with Gasteiger partial charge in [0.1, 0.15) is 5.75 Å². The first-order valence-electron chi connectivity index (χ1n) is 7.01. The Balaban J connectivity index is 0.000000515. The highest BCUT2D eigenvalue weighted by atomic mass is 32.7. The molecule has 0 aliphatic carbocycles. The molecule has 1 unspecified atom stereocenters. The van der Waals surface area contributed by atoms with E-state index in [9.17, 15) is 4.57 Å². The van der Waals surface area contributed by atoms with E-state index in [1.165, 1.54) is 0 Å². The van der Waals surface area contributed by atoms with E-state index < -0.39 is 32.2 Å². The fourth-order valence-electron chi connectivity index (χ4n) is 1.48. The Morgan fingerprint density at radius 2 is 1.70 bits per heavy atom. The molecule has 0 aliphatic heterocycles. The first-order valence-corrected chi connectivity index (χ1v) is 9.74. The van der Waals surface area contributed by atoms with Gasteiger partial charge in [0, 0.05) is 0 Å². The molecule has 0 amide bonds. The molecule has 0 fully saturated rings. The molecule has 0 aromatic heterocycles. The fraction of sp³-hybridized carbons (Fsp3) is 0.571. The summed E-state index contributed by atoms with van der Waals surface area (Å²) in [4.78, 5) is 9.03. The molecule has 1 rings (SSSR count). The zero-order valence-electron chi connectivity index (χ0n) is 13.3. The number of benzene rings is 1. The molecule has 0 radical (unpaired) electrons. The lowest BCUT2D eigenvalue weighted by Crippen LogP contribution is -2.50. The van der Waals surface area contributed by atoms with Gasteiger partial charge >= 0.3 is 6.80 Å². The van der Waals surface area contributed by atoms with Gasteiger partial charge in [-0.05, 0) is 36.2 Å². The smallest absolute Gasteiger partial charge is 0.417 e. The van der Waals surface area contributed by atoms with Crippen LogP contribution in [0.5, 0.6) is 5.75 Å². The molecule has 1 atom stereocenters. The molecule has 0 bridgehead atoms. The van der Waals surface area contributed by atoms with E-state index in [0.717, 1.165) is 12.0 Å². The summed E-state index contributed by atoms with van der Waals surface area (Å²) in [6.07, 6.45) is 0.809. The number of para-hydroxylation sites is 1. The van der Waals surface area contributed by atoms with Gasteiger partial charge in [-0.2, -0.15) is 0 Å². The molecule has 1 aromatic carbocycles. The maximum absolute atomic E-state index is 11.0. The fourth-order valence-corrected chi connectivity index (χ4v) is 2.18. The molecule has 6 N–H and O–H groups in total. The molecule has 0 saturated heterocycles. The Morgan fingerprint density at radius 3 is 2.04 bits per heavy atom. The van der Waals surface area contributed by atoms with Crippen molar-refractivity contribution >= 4 is 19.0 Å². The number of nitrogens with two attached hydrogens (primary N) is 1. The van der Waals surface area contributed by atoms with Gasteiger partial charge in [-0.15, -0.1) is 0 Å². The molecule has 0 spiro atoms. The number of aliphatic hydroxyl groups is 3. The summed E-state index contributed by atoms with van der Waals surface area (Å²) in [5.41, 5.74) is 4.86. The van der Waals surface area contributed by atoms with Crippen molar-refractivity contribution in [3.63, 3.8) is 0 Å². The molecule has 0 aliphatic rings. The van der Waals surface area contributed by atoms with Crippen molar-refractivity contribution in [2.24, 2.45) is 11.7 Å². The van der Waals surface area contributed by atoms with E-state index in [2.05, 4.69) is 26.1 Å². The quantitative estimate of drug-likeness (QED) is 0.312. The second-order valence-corrected chi connectivity index (χ2v) is 8.30. The van der Waals surface area contributed by atoms with Crippen molar-refractivity contribution in [1.29, 1.82) is 0 Å². The molecule has 1 aromatic rings. The van der Waals surface area contributed by atoms with Crippen LogP contribution in [0.25, 0.3) is 0 Å². The summed E-state index contributed by atoms with van der Waals surface area (Å²) in [6, 6.07) is 7.21. The summed E-state index contributed by atoms with van der Waals surface area (Å²) >= 11 is 3.49. The van der Waals surface area contributed by atoms with Crippen LogP contribution in [0.1, 0.15) is 19.4 Å². The third-order valence-corrected chi connectivity index (χ3v) is 3.44. The summed E-state index contributed by atoms with van der Waals surface area (Å²) in [6.45, 7) is -0.813. The third kappa shape index (κ3) is 9.99. The minimum Gasteiger partial charge on any atom is -0.417 e. The largest absolute Gasteiger partial charge is 0.434 e. The summed E-state index contributed by atoms with van der Waals surface area (Å²) < 4.78 is 15.9. The van der Waals surface area contributed by atoms with Gasteiger partial charge in [0.05, 0.1) is 25.4 Å². The lowest BCUT2D eigenvalue weighted by Gasteiger charge is -2.20. The maximum Gasteiger partial charge on any atom is 0.434 e. The van der Waals surface area contributed by atoms with Crippen LogP contribution in [-0.2, 0) is 11.0 Å². The second kappa shape index (κ2) is 10.3. The van der Waals surface area contributed by atoms with Crippen molar-refractivity contribution in [2.75, 3.05) is 19.8 Å². The zero-order chi connectivity index (χ0) is 18.1. The predicted molar refractivity (Wildman–Crippen MR) is 92.6 cm³/mol. The van der Waals surface area contributed by atoms with Crippen molar-refractivity contribution < 1.29 is 29.3 Å². The highest BCUT2D eigenvalue weighted by molar-refractivity contribution is 8.44. The SMILES string of the molecule is CC(C)Cc1ccccc1OP(=O)(O)S.NC(CO)(CO)CO. The number of thiol groups is 1. The van der Waals surface area contributed by atoms with E-state index in [4.69, 9.17) is 30.5 Å². The zero-order valence-corrected chi connectivity index (χ0v) is 15.1. The van der Waals surface area contributed by atoms with Gasteiger partial charge in [-0.1, -0.05) is 32.0 Å². The van der Waals surface area contributed by atoms with Gasteiger partial charge in [-0.25, -0.2) is 4.57 Å². The van der Waals surface area contributed by atoms with Crippen LogP contribution in [0.15, 0.2) is 24.3 Å². The van der Waals surface area contributed by atoms with E-state index in [-0.39, 0.29) is 0 Å². The first-order chi connectivity index (χ1) is 10.6. The summed E-state index contributed by atoms with van der Waals surface area (Å²) in [5, 5.41) is 25.0. The molecule has 9 heteroatoms. The predicted octanol–water partition coefficient (Wildman–Crippen LogP) is 0.955. The minimum atomic E-state index is -3.76. The van der Waals surface area contributed by atoms with E-state index in [1.807, 2.05) is 12.1 Å². The van der Waals surface area contributed by atoms with Crippen molar-refractivity contribution in [1.82, 2.24) is 0 Å². The maximum atomic E-state index is 11.0. The Labute approximate surface area is 141 Å². The van der Waals surface area contributed by atoms with Crippen LogP contribution in [0.3, 0.4) is 0 Å². The van der Waals surface area contributed by atoms with Crippen LogP contribution in [0.4, 0.5) is 0 Å². The van der Waals surface area contributed by atoms with Crippen molar-refractivity contribution in [3.05, 3.63) is 29.8 Å². The minimum absolute atomic E-state index is 0.403. The molecule has 7 nitrogen and oxygen atoms in total. The van der Waals surface area contributed by atoms with Gasteiger partial charge in [0.25, 0.3) is 0 Å². The van der Waals surface area contributed by atoms with Gasteiger partial charge in [0.2, 0.25) is 0 Å². The Hall–Kier alpha value is -0.600. The van der Waals surface area contributed by atoms with E-state index in [0.29, 0.717) is 11.7 Å². The lowest BCUT2D eigenvalue weighted by atomic mass is 10.0. The molecule has 23 heavy (non-hydrogen) atoms. The molecule has 134 valence electrons. The molecular weight excluding hydrogens is 341 g/mol. The number of aliphatic hydroxyl groups excluding tert-OH is 3. The van der Waals surface area contributed by atoms with Crippen LogP contribution >= 0.6 is 19.0 Å². The van der Waals surface area contributed by atoms with E-state index >= 15 is 0 Å². The molecular formula is C14H26NO6PS. The van der Waals surface area contributed by atoms with Crippen LogP contribution in [0, 0.1) is 5.92 Å². The average Bonchev–Trinajstić information content (AvgIpc) is 2.47. The standard InChI is InChI=1S/C10H15O3PS.C4H11NO3/c1-8(2)7-9-5-3-4-6-10(9)13-14(11,12)15;5-4(1-6,2-7)3-8/h3-6,8H,7H2,1-2H3,(H2,11,12,15);6-8H,1-3,5H2. The van der Waals surface area contributed by atoms with Crippen molar-refractivity contribution in [3.8, 4) is 5.75 Å². The summed E-state index contributed by atoms with van der Waals surface area (Å²) in [7, 11) is 0. The molecule has 0 saturated carbocycles. The van der Waals surface area contributed by atoms with Crippen LogP contribution in [0.2, 0.25) is 0 Å². The highest BCUT2D eigenvalue weighted by Crippen LogP contribution is 2.47. The Kier molecular flexibility index (Phi) is 10.0. The topological polar surface area (TPSA) is 133 Å². The summed E-state index contributed by atoms with van der Waals surface area (Å²) in [5.74, 6) is 0.903. The normalized spacial score (nSPS) is 14.0. The first kappa shape index (κ1) is 22.4. The number of hydrogen-bond acceptors (Lipinski definition) is 6. The van der Waals surface area contributed by atoms with Crippen molar-refractivity contribution in [2.45, 2.75) is 25.8 Å². The number of rotatable bonds is 7. The highest BCUT2D eigenvalue weighted by Gasteiger charge is 2.20. The van der Waals surface area contributed by atoms with Crippen LogP contribution < -0.4 is 10.3 Å². The third-order valence-electron chi connectivity index (χ3n) is 2.76. The number of hydrogen-bond donors (Lipinski definition) is 6. The van der Waals surface area contributed by atoms with Gasteiger partial charge < -0.3 is 30.5 Å². The Bertz CT molecular complexity index is 496. The van der Waals surface area contributed by atoms with Gasteiger partial charge in [-0.3, -0.25) is 0 Å². The van der Waals surface area contributed by atoms with Crippen LogP contribution in [-0.4, -0.2) is 45.6 Å². The molecule has 0 heterocycles. The van der Waals surface area contributed by atoms with Gasteiger partial charge in [0.15, 0.2) is 0 Å². The monoisotopic (exact) mass is 367 g/mol. The Morgan fingerprint density at radius 1 is 1.22 bits per heavy atom. The average molecular weight is 367 g/mol. The second-order valence-electron chi connectivity index (χ2n) is 5.62. The van der Waals surface area contributed by atoms with E-state index in [1.54, 1.807) is 12.1 Å². The lowest BCUT2D eigenvalue weighted by molar-refractivity contribution is 0.0697.